The molecule has 0 N–H and O–H groups in total. The quantitative estimate of drug-likeness (QED) is 0.522. The van der Waals surface area contributed by atoms with Crippen molar-refractivity contribution < 1.29 is 9.47 Å². The summed E-state index contributed by atoms with van der Waals surface area (Å²) in [5.41, 5.74) is 1.37. The zero-order chi connectivity index (χ0) is 19.2. The van der Waals surface area contributed by atoms with Crippen LogP contribution in [0.15, 0.2) is 47.3 Å². The molecule has 0 atom stereocenters. The van der Waals surface area contributed by atoms with Crippen LogP contribution >= 0.6 is 11.5 Å². The molecule has 27 heavy (non-hydrogen) atoms. The number of fused-ring (bicyclic) bond motifs is 1. The standard InChI is InChI=1S/C21H26N2O3S/c1-22(15-16-9-5-4-6-10-16)11-7-8-12-23-21(24)17-13-18(25-2)19(26-3)14-20(17)27-23/h4-6,9-10,13-14H,7-8,11-12,15H2,1-3H3. The Morgan fingerprint density at radius 1 is 1.04 bits per heavy atom. The van der Waals surface area contributed by atoms with E-state index >= 15 is 0 Å². The Morgan fingerprint density at radius 3 is 2.44 bits per heavy atom. The minimum Gasteiger partial charge on any atom is -0.493 e. The van der Waals surface area contributed by atoms with Crippen LogP contribution in [0.25, 0.3) is 10.1 Å². The highest BCUT2D eigenvalue weighted by Gasteiger charge is 2.13. The maximum atomic E-state index is 12.6. The Balaban J connectivity index is 1.57. The summed E-state index contributed by atoms with van der Waals surface area (Å²) in [4.78, 5) is 15.0. The van der Waals surface area contributed by atoms with Crippen molar-refractivity contribution in [3.05, 3.63) is 58.4 Å². The van der Waals surface area contributed by atoms with Gasteiger partial charge in [-0.05, 0) is 38.1 Å². The second-order valence-electron chi connectivity index (χ2n) is 6.63. The molecule has 6 heteroatoms. The van der Waals surface area contributed by atoms with Crippen LogP contribution in [0.4, 0.5) is 0 Å². The second-order valence-corrected chi connectivity index (χ2v) is 7.70. The Hall–Kier alpha value is -2.31. The number of ether oxygens (including phenoxy) is 2. The van der Waals surface area contributed by atoms with Gasteiger partial charge in [-0.15, -0.1) is 0 Å². The lowest BCUT2D eigenvalue weighted by atomic mass is 10.2. The first-order chi connectivity index (χ1) is 13.1. The van der Waals surface area contributed by atoms with Gasteiger partial charge >= 0.3 is 0 Å². The molecule has 3 rings (SSSR count). The fraction of sp³-hybridized carbons (Fsp3) is 0.381. The molecule has 144 valence electrons. The molecule has 0 aliphatic carbocycles. The van der Waals surface area contributed by atoms with E-state index in [0.717, 1.165) is 37.2 Å². The van der Waals surface area contributed by atoms with Crippen LogP contribution in [0.1, 0.15) is 18.4 Å². The number of aryl methyl sites for hydroxylation is 1. The van der Waals surface area contributed by atoms with E-state index in [1.807, 2.05) is 16.1 Å². The number of unbranched alkanes of at least 4 members (excludes halogenated alkanes) is 1. The topological polar surface area (TPSA) is 43.7 Å². The number of benzene rings is 2. The number of nitrogens with zero attached hydrogens (tertiary/aromatic N) is 2. The monoisotopic (exact) mass is 386 g/mol. The third-order valence-electron chi connectivity index (χ3n) is 4.60. The van der Waals surface area contributed by atoms with Crippen LogP contribution in [-0.2, 0) is 13.1 Å². The average molecular weight is 387 g/mol. The molecule has 0 saturated heterocycles. The van der Waals surface area contributed by atoms with E-state index < -0.39 is 0 Å². The molecule has 2 aromatic carbocycles. The summed E-state index contributed by atoms with van der Waals surface area (Å²) in [7, 11) is 5.33. The van der Waals surface area contributed by atoms with E-state index in [0.29, 0.717) is 16.9 Å². The van der Waals surface area contributed by atoms with Crippen molar-refractivity contribution in [3.63, 3.8) is 0 Å². The molecule has 0 amide bonds. The van der Waals surface area contributed by atoms with E-state index in [1.165, 1.54) is 17.1 Å². The van der Waals surface area contributed by atoms with E-state index in [2.05, 4.69) is 36.2 Å². The van der Waals surface area contributed by atoms with Gasteiger partial charge in [0.2, 0.25) is 0 Å². The molecule has 5 nitrogen and oxygen atoms in total. The van der Waals surface area contributed by atoms with Crippen molar-refractivity contribution in [1.29, 1.82) is 0 Å². The SMILES string of the molecule is COc1cc2sn(CCCCN(C)Cc3ccccc3)c(=O)c2cc1OC. The number of methoxy groups -OCH3 is 2. The Labute approximate surface area is 163 Å². The predicted molar refractivity (Wildman–Crippen MR) is 111 cm³/mol. The summed E-state index contributed by atoms with van der Waals surface area (Å²) >= 11 is 1.49. The largest absolute Gasteiger partial charge is 0.493 e. The van der Waals surface area contributed by atoms with Crippen molar-refractivity contribution in [2.75, 3.05) is 27.8 Å². The summed E-state index contributed by atoms with van der Waals surface area (Å²) in [5, 5.41) is 0.693. The van der Waals surface area contributed by atoms with Gasteiger partial charge in [-0.3, -0.25) is 8.75 Å². The van der Waals surface area contributed by atoms with Gasteiger partial charge in [0.05, 0.1) is 24.3 Å². The lowest BCUT2D eigenvalue weighted by Crippen LogP contribution is -2.20. The van der Waals surface area contributed by atoms with Gasteiger partial charge in [-0.25, -0.2) is 0 Å². The maximum Gasteiger partial charge on any atom is 0.268 e. The van der Waals surface area contributed by atoms with E-state index in [1.54, 1.807) is 20.3 Å². The van der Waals surface area contributed by atoms with Crippen molar-refractivity contribution in [2.45, 2.75) is 25.9 Å². The third kappa shape index (κ3) is 4.70. The lowest BCUT2D eigenvalue weighted by Gasteiger charge is -2.16. The van der Waals surface area contributed by atoms with Gasteiger partial charge < -0.3 is 14.4 Å². The average Bonchev–Trinajstić information content (AvgIpc) is 2.99. The lowest BCUT2D eigenvalue weighted by molar-refractivity contribution is 0.316. The number of aromatic nitrogens is 1. The minimum absolute atomic E-state index is 0.0496. The van der Waals surface area contributed by atoms with Crippen molar-refractivity contribution >= 4 is 21.6 Å². The highest BCUT2D eigenvalue weighted by Crippen LogP contribution is 2.32. The summed E-state index contributed by atoms with van der Waals surface area (Å²) in [6.45, 7) is 2.70. The first kappa shape index (κ1) is 19.5. The summed E-state index contributed by atoms with van der Waals surface area (Å²) in [6, 6.07) is 14.1. The van der Waals surface area contributed by atoms with Gasteiger partial charge in [-0.2, -0.15) is 0 Å². The Kier molecular flexibility index (Phi) is 6.53. The first-order valence-electron chi connectivity index (χ1n) is 9.10. The molecule has 3 aromatic rings. The summed E-state index contributed by atoms with van der Waals surface area (Å²) in [5.74, 6) is 1.25. The fourth-order valence-corrected chi connectivity index (χ4v) is 4.20. The number of hydrogen-bond donors (Lipinski definition) is 0. The van der Waals surface area contributed by atoms with Gasteiger partial charge in [-0.1, -0.05) is 41.9 Å². The number of hydrogen-bond acceptors (Lipinski definition) is 5. The maximum absolute atomic E-state index is 12.6. The van der Waals surface area contributed by atoms with Crippen molar-refractivity contribution in [3.8, 4) is 11.5 Å². The molecule has 0 saturated carbocycles. The third-order valence-corrected chi connectivity index (χ3v) is 5.70. The smallest absolute Gasteiger partial charge is 0.268 e. The highest BCUT2D eigenvalue weighted by molar-refractivity contribution is 7.13. The van der Waals surface area contributed by atoms with Gasteiger partial charge in [0.1, 0.15) is 0 Å². The summed E-state index contributed by atoms with van der Waals surface area (Å²) in [6.07, 6.45) is 2.02. The van der Waals surface area contributed by atoms with Crippen LogP contribution in [0.3, 0.4) is 0 Å². The van der Waals surface area contributed by atoms with Crippen LogP contribution in [-0.4, -0.2) is 36.7 Å². The zero-order valence-corrected chi connectivity index (χ0v) is 16.9. The van der Waals surface area contributed by atoms with E-state index in [9.17, 15) is 4.79 Å². The molecule has 0 bridgehead atoms. The van der Waals surface area contributed by atoms with Gasteiger partial charge in [0.15, 0.2) is 11.5 Å². The summed E-state index contributed by atoms with van der Waals surface area (Å²) < 4.78 is 13.4. The number of rotatable bonds is 9. The molecule has 0 fully saturated rings. The second kappa shape index (κ2) is 9.06. The zero-order valence-electron chi connectivity index (χ0n) is 16.1. The first-order valence-corrected chi connectivity index (χ1v) is 9.88. The highest BCUT2D eigenvalue weighted by atomic mass is 32.1. The molecule has 0 aliphatic heterocycles. The van der Waals surface area contributed by atoms with Crippen molar-refractivity contribution in [1.82, 2.24) is 8.86 Å². The van der Waals surface area contributed by atoms with E-state index in [-0.39, 0.29) is 5.56 Å². The normalized spacial score (nSPS) is 11.3. The molecule has 0 spiro atoms. The molecule has 1 heterocycles. The van der Waals surface area contributed by atoms with Crippen molar-refractivity contribution in [2.24, 2.45) is 0 Å². The molecular formula is C21H26N2O3S. The minimum atomic E-state index is 0.0496. The Morgan fingerprint density at radius 2 is 1.74 bits per heavy atom. The van der Waals surface area contributed by atoms with Crippen LogP contribution in [0.2, 0.25) is 0 Å². The fourth-order valence-electron chi connectivity index (χ4n) is 3.16. The van der Waals surface area contributed by atoms with Gasteiger partial charge in [0.25, 0.3) is 5.56 Å². The van der Waals surface area contributed by atoms with Crippen LogP contribution < -0.4 is 15.0 Å². The molecule has 0 unspecified atom stereocenters. The Bertz CT molecular complexity index is 934. The predicted octanol–water partition coefficient (Wildman–Crippen LogP) is 3.99. The van der Waals surface area contributed by atoms with Crippen LogP contribution in [0, 0.1) is 0 Å². The van der Waals surface area contributed by atoms with Gasteiger partial charge in [0, 0.05) is 19.2 Å². The van der Waals surface area contributed by atoms with Crippen LogP contribution in [0.5, 0.6) is 11.5 Å². The molecule has 0 radical (unpaired) electrons. The molecular weight excluding hydrogens is 360 g/mol. The molecule has 0 aliphatic rings. The molecule has 1 aromatic heterocycles. The van der Waals surface area contributed by atoms with E-state index in [4.69, 9.17) is 9.47 Å².